The van der Waals surface area contributed by atoms with Crippen molar-refractivity contribution >= 4 is 11.9 Å². The Kier molecular flexibility index (Phi) is 3.66. The molecule has 1 aromatic heterocycles. The summed E-state index contributed by atoms with van der Waals surface area (Å²) in [7, 11) is 1.72. The second-order valence-corrected chi connectivity index (χ2v) is 4.37. The van der Waals surface area contributed by atoms with Gasteiger partial charge in [-0.15, -0.1) is 0 Å². The van der Waals surface area contributed by atoms with Crippen LogP contribution in [0.4, 0.5) is 0 Å². The van der Waals surface area contributed by atoms with E-state index in [1.807, 2.05) is 0 Å². The largest absolute Gasteiger partial charge is 0.475 e. The van der Waals surface area contributed by atoms with Gasteiger partial charge in [0, 0.05) is 13.1 Å². The minimum atomic E-state index is -1.17. The summed E-state index contributed by atoms with van der Waals surface area (Å²) in [6, 6.07) is 2.88. The number of nitrogens with zero attached hydrogens (tertiary/aromatic N) is 1. The zero-order valence-corrected chi connectivity index (χ0v) is 10.2. The van der Waals surface area contributed by atoms with E-state index in [1.54, 1.807) is 11.9 Å². The summed E-state index contributed by atoms with van der Waals surface area (Å²) in [6.07, 6.45) is 1.80. The molecule has 6 heteroatoms. The maximum atomic E-state index is 12.1. The SMILES string of the molecule is CN(C(=O)c1ccc(C(=O)O)o1)C1CCNCC1. The van der Waals surface area contributed by atoms with Crippen LogP contribution >= 0.6 is 0 Å². The first-order valence-electron chi connectivity index (χ1n) is 5.90. The second-order valence-electron chi connectivity index (χ2n) is 4.37. The van der Waals surface area contributed by atoms with E-state index in [4.69, 9.17) is 9.52 Å². The molecule has 6 nitrogen and oxygen atoms in total. The normalized spacial score (nSPS) is 16.5. The molecule has 2 rings (SSSR count). The molecule has 1 aliphatic rings. The fraction of sp³-hybridized carbons (Fsp3) is 0.500. The smallest absolute Gasteiger partial charge is 0.371 e. The van der Waals surface area contributed by atoms with Gasteiger partial charge in [-0.25, -0.2) is 4.79 Å². The molecule has 0 radical (unpaired) electrons. The number of hydrogen-bond donors (Lipinski definition) is 2. The molecule has 2 N–H and O–H groups in total. The third-order valence-electron chi connectivity index (χ3n) is 3.20. The Morgan fingerprint density at radius 1 is 1.33 bits per heavy atom. The molecule has 18 heavy (non-hydrogen) atoms. The molecule has 0 aliphatic carbocycles. The van der Waals surface area contributed by atoms with E-state index in [2.05, 4.69) is 5.32 Å². The van der Waals surface area contributed by atoms with Crippen LogP contribution in [0.1, 0.15) is 34.0 Å². The maximum absolute atomic E-state index is 12.1. The number of carboxylic acid groups (broad SMARTS) is 1. The highest BCUT2D eigenvalue weighted by Crippen LogP contribution is 2.15. The van der Waals surface area contributed by atoms with E-state index in [9.17, 15) is 9.59 Å². The van der Waals surface area contributed by atoms with E-state index in [0.717, 1.165) is 25.9 Å². The Labute approximate surface area is 105 Å². The number of rotatable bonds is 3. The summed E-state index contributed by atoms with van der Waals surface area (Å²) in [5, 5.41) is 12.0. The average molecular weight is 252 g/mol. The van der Waals surface area contributed by atoms with Crippen LogP contribution in [0.25, 0.3) is 0 Å². The lowest BCUT2D eigenvalue weighted by Gasteiger charge is -2.31. The van der Waals surface area contributed by atoms with Crippen molar-refractivity contribution in [1.82, 2.24) is 10.2 Å². The van der Waals surface area contributed by atoms with E-state index in [1.165, 1.54) is 12.1 Å². The Morgan fingerprint density at radius 2 is 1.94 bits per heavy atom. The standard InChI is InChI=1S/C12H16N2O4/c1-14(8-4-6-13-7-5-8)11(15)9-2-3-10(18-9)12(16)17/h2-3,8,13H,4-7H2,1H3,(H,16,17). The number of carbonyl (C=O) groups excluding carboxylic acids is 1. The van der Waals surface area contributed by atoms with Gasteiger partial charge in [0.15, 0.2) is 5.76 Å². The van der Waals surface area contributed by atoms with Crippen molar-refractivity contribution in [2.24, 2.45) is 0 Å². The number of carbonyl (C=O) groups is 2. The molecule has 0 bridgehead atoms. The van der Waals surface area contributed by atoms with Crippen LogP contribution in [0.2, 0.25) is 0 Å². The van der Waals surface area contributed by atoms with E-state index in [0.29, 0.717) is 0 Å². The van der Waals surface area contributed by atoms with Crippen LogP contribution in [0.5, 0.6) is 0 Å². The quantitative estimate of drug-likeness (QED) is 0.831. The summed E-state index contributed by atoms with van der Waals surface area (Å²) in [6.45, 7) is 1.78. The third kappa shape index (κ3) is 2.53. The first-order chi connectivity index (χ1) is 8.59. The molecule has 1 amide bonds. The van der Waals surface area contributed by atoms with Crippen molar-refractivity contribution in [3.63, 3.8) is 0 Å². The number of aromatic carboxylic acids is 1. The second kappa shape index (κ2) is 5.22. The van der Waals surface area contributed by atoms with Crippen LogP contribution < -0.4 is 5.32 Å². The van der Waals surface area contributed by atoms with Gasteiger partial charge in [-0.1, -0.05) is 0 Å². The number of furan rings is 1. The number of nitrogens with one attached hydrogen (secondary N) is 1. The summed E-state index contributed by atoms with van der Waals surface area (Å²) >= 11 is 0. The molecular formula is C12H16N2O4. The van der Waals surface area contributed by atoms with Gasteiger partial charge in [0.1, 0.15) is 0 Å². The molecule has 0 unspecified atom stereocenters. The first kappa shape index (κ1) is 12.6. The van der Waals surface area contributed by atoms with Crippen LogP contribution in [-0.2, 0) is 0 Å². The van der Waals surface area contributed by atoms with Crippen molar-refractivity contribution in [3.8, 4) is 0 Å². The van der Waals surface area contributed by atoms with Gasteiger partial charge in [-0.3, -0.25) is 4.79 Å². The number of piperidine rings is 1. The Balaban J connectivity index is 2.07. The molecule has 2 heterocycles. The summed E-state index contributed by atoms with van der Waals surface area (Å²) < 4.78 is 5.01. The summed E-state index contributed by atoms with van der Waals surface area (Å²) in [4.78, 5) is 24.4. The predicted molar refractivity (Wildman–Crippen MR) is 63.7 cm³/mol. The van der Waals surface area contributed by atoms with Crippen molar-refractivity contribution in [3.05, 3.63) is 23.7 Å². The molecule has 1 fully saturated rings. The van der Waals surface area contributed by atoms with Crippen molar-refractivity contribution in [2.45, 2.75) is 18.9 Å². The minimum Gasteiger partial charge on any atom is -0.475 e. The van der Waals surface area contributed by atoms with E-state index in [-0.39, 0.29) is 23.5 Å². The first-order valence-corrected chi connectivity index (χ1v) is 5.90. The number of amides is 1. The van der Waals surface area contributed by atoms with Crippen LogP contribution in [0, 0.1) is 0 Å². The highest BCUT2D eigenvalue weighted by atomic mass is 16.4. The molecule has 0 saturated carbocycles. The fourth-order valence-electron chi connectivity index (χ4n) is 2.10. The summed E-state index contributed by atoms with van der Waals surface area (Å²) in [5.41, 5.74) is 0. The lowest BCUT2D eigenvalue weighted by molar-refractivity contribution is 0.0635. The Morgan fingerprint density at radius 3 is 2.50 bits per heavy atom. The molecule has 1 saturated heterocycles. The lowest BCUT2D eigenvalue weighted by atomic mass is 10.1. The number of carboxylic acids is 1. The van der Waals surface area contributed by atoms with Gasteiger partial charge in [0.2, 0.25) is 5.76 Å². The zero-order chi connectivity index (χ0) is 13.1. The topological polar surface area (TPSA) is 82.8 Å². The van der Waals surface area contributed by atoms with Gasteiger partial charge < -0.3 is 19.7 Å². The summed E-state index contributed by atoms with van der Waals surface area (Å²) in [5.74, 6) is -1.57. The third-order valence-corrected chi connectivity index (χ3v) is 3.20. The molecule has 98 valence electrons. The molecule has 1 aliphatic heterocycles. The fourth-order valence-corrected chi connectivity index (χ4v) is 2.10. The van der Waals surface area contributed by atoms with Crippen molar-refractivity contribution in [1.29, 1.82) is 0 Å². The molecular weight excluding hydrogens is 236 g/mol. The zero-order valence-electron chi connectivity index (χ0n) is 10.2. The van der Waals surface area contributed by atoms with Crippen LogP contribution in [-0.4, -0.2) is 48.1 Å². The predicted octanol–water partition coefficient (Wildman–Crippen LogP) is 0.802. The highest BCUT2D eigenvalue weighted by Gasteiger charge is 2.25. The lowest BCUT2D eigenvalue weighted by Crippen LogP contribution is -2.43. The van der Waals surface area contributed by atoms with Crippen molar-refractivity contribution in [2.75, 3.05) is 20.1 Å². The van der Waals surface area contributed by atoms with Gasteiger partial charge in [-0.2, -0.15) is 0 Å². The monoisotopic (exact) mass is 252 g/mol. The van der Waals surface area contributed by atoms with Crippen LogP contribution in [0.15, 0.2) is 16.5 Å². The molecule has 0 atom stereocenters. The maximum Gasteiger partial charge on any atom is 0.371 e. The van der Waals surface area contributed by atoms with E-state index >= 15 is 0 Å². The van der Waals surface area contributed by atoms with Gasteiger partial charge >= 0.3 is 5.97 Å². The van der Waals surface area contributed by atoms with Gasteiger partial charge in [0.05, 0.1) is 0 Å². The Hall–Kier alpha value is -1.82. The molecule has 0 spiro atoms. The highest BCUT2D eigenvalue weighted by molar-refractivity contribution is 5.93. The van der Waals surface area contributed by atoms with Gasteiger partial charge in [0.25, 0.3) is 5.91 Å². The molecule has 0 aromatic carbocycles. The average Bonchev–Trinajstić information content (AvgIpc) is 2.88. The van der Waals surface area contributed by atoms with E-state index < -0.39 is 5.97 Å². The molecule has 1 aromatic rings. The van der Waals surface area contributed by atoms with Crippen molar-refractivity contribution < 1.29 is 19.1 Å². The van der Waals surface area contributed by atoms with Crippen LogP contribution in [0.3, 0.4) is 0 Å². The number of hydrogen-bond acceptors (Lipinski definition) is 4. The van der Waals surface area contributed by atoms with Gasteiger partial charge in [-0.05, 0) is 38.1 Å². The Bertz CT molecular complexity index is 449. The minimum absolute atomic E-state index is 0.0773.